The third-order valence-corrected chi connectivity index (χ3v) is 6.30. The molecule has 4 aliphatic rings. The summed E-state index contributed by atoms with van der Waals surface area (Å²) in [5.41, 5.74) is 0. The van der Waals surface area contributed by atoms with Crippen LogP contribution in [0, 0.1) is 17.8 Å². The lowest BCUT2D eigenvalue weighted by Gasteiger charge is -2.56. The summed E-state index contributed by atoms with van der Waals surface area (Å²) in [5.74, 6) is 4.39. The molecule has 0 atom stereocenters. The zero-order chi connectivity index (χ0) is 10.3. The van der Waals surface area contributed by atoms with Crippen LogP contribution < -0.4 is 0 Å². The molecule has 4 rings (SSSR count). The summed E-state index contributed by atoms with van der Waals surface area (Å²) >= 11 is 2.20. The van der Waals surface area contributed by atoms with Crippen molar-refractivity contribution in [2.45, 2.75) is 49.7 Å². The van der Waals surface area contributed by atoms with Crippen molar-refractivity contribution in [1.29, 1.82) is 0 Å². The van der Waals surface area contributed by atoms with Crippen molar-refractivity contribution in [2.24, 2.45) is 17.8 Å². The van der Waals surface area contributed by atoms with Gasteiger partial charge in [0.25, 0.3) is 0 Å². The molecule has 0 saturated heterocycles. The molecule has 0 unspecified atom stereocenters. The summed E-state index contributed by atoms with van der Waals surface area (Å²) in [5, 5.41) is 8.87. The number of aliphatic hydroxyl groups is 1. The van der Waals surface area contributed by atoms with Crippen molar-refractivity contribution in [3.63, 3.8) is 0 Å². The van der Waals surface area contributed by atoms with E-state index in [1.807, 2.05) is 0 Å². The first kappa shape index (κ1) is 10.5. The molecule has 1 nitrogen and oxygen atoms in total. The molecule has 4 aliphatic carbocycles. The van der Waals surface area contributed by atoms with Crippen molar-refractivity contribution in [3.05, 3.63) is 0 Å². The van der Waals surface area contributed by atoms with Crippen LogP contribution in [0.3, 0.4) is 0 Å². The minimum absolute atomic E-state index is 0.374. The topological polar surface area (TPSA) is 20.2 Å². The number of rotatable bonds is 4. The first-order chi connectivity index (χ1) is 7.30. The molecule has 4 fully saturated rings. The third kappa shape index (κ3) is 1.95. The predicted molar refractivity (Wildman–Crippen MR) is 65.1 cm³/mol. The van der Waals surface area contributed by atoms with E-state index in [1.165, 1.54) is 25.0 Å². The van der Waals surface area contributed by atoms with E-state index in [9.17, 15) is 0 Å². The molecule has 0 aromatic rings. The van der Waals surface area contributed by atoms with Crippen LogP contribution in [0.1, 0.15) is 44.9 Å². The van der Waals surface area contributed by atoms with Crippen LogP contribution in [-0.4, -0.2) is 22.2 Å². The Balaban J connectivity index is 1.65. The van der Waals surface area contributed by atoms with E-state index in [-0.39, 0.29) is 0 Å². The minimum Gasteiger partial charge on any atom is -0.396 e. The van der Waals surface area contributed by atoms with Gasteiger partial charge in [0.1, 0.15) is 0 Å². The van der Waals surface area contributed by atoms with Gasteiger partial charge in [0.05, 0.1) is 0 Å². The van der Waals surface area contributed by atoms with Crippen molar-refractivity contribution in [1.82, 2.24) is 0 Å². The molecule has 0 aliphatic heterocycles. The van der Waals surface area contributed by atoms with Gasteiger partial charge in [-0.3, -0.25) is 0 Å². The van der Waals surface area contributed by atoms with Crippen molar-refractivity contribution in [2.75, 3.05) is 12.4 Å². The van der Waals surface area contributed by atoms with E-state index in [1.54, 1.807) is 19.3 Å². The van der Waals surface area contributed by atoms with Gasteiger partial charge in [-0.05, 0) is 68.5 Å². The van der Waals surface area contributed by atoms with Crippen LogP contribution in [-0.2, 0) is 0 Å². The van der Waals surface area contributed by atoms with Gasteiger partial charge in [0.2, 0.25) is 0 Å². The summed E-state index contributed by atoms with van der Waals surface area (Å²) in [6.45, 7) is 0.374. The Hall–Kier alpha value is 0.310. The van der Waals surface area contributed by atoms with Crippen molar-refractivity contribution < 1.29 is 5.11 Å². The molecule has 4 bridgehead atoms. The van der Waals surface area contributed by atoms with E-state index < -0.39 is 0 Å². The van der Waals surface area contributed by atoms with E-state index in [2.05, 4.69) is 11.8 Å². The van der Waals surface area contributed by atoms with E-state index >= 15 is 0 Å². The maximum Gasteiger partial charge on any atom is 0.0438 e. The Kier molecular flexibility index (Phi) is 2.76. The van der Waals surface area contributed by atoms with E-state index in [4.69, 9.17) is 5.11 Å². The van der Waals surface area contributed by atoms with Gasteiger partial charge in [-0.15, -0.1) is 0 Å². The quantitative estimate of drug-likeness (QED) is 0.743. The average Bonchev–Trinajstić information content (AvgIpc) is 2.15. The standard InChI is InChI=1S/C13H22OS/c14-2-1-3-15-13-7-10-4-11(8-13)6-12(5-10)9-13/h10-12,14H,1-9H2. The molecule has 4 saturated carbocycles. The average molecular weight is 226 g/mol. The Morgan fingerprint density at radius 2 is 1.53 bits per heavy atom. The molecular formula is C13H22OS. The molecular weight excluding hydrogens is 204 g/mol. The largest absolute Gasteiger partial charge is 0.396 e. The summed E-state index contributed by atoms with van der Waals surface area (Å²) < 4.78 is 0.657. The highest BCUT2D eigenvalue weighted by Gasteiger charge is 2.50. The molecule has 0 radical (unpaired) electrons. The van der Waals surface area contributed by atoms with Crippen LogP contribution in [0.5, 0.6) is 0 Å². The second-order valence-electron chi connectivity index (χ2n) is 6.03. The molecule has 1 N–H and O–H groups in total. The fourth-order valence-electron chi connectivity index (χ4n) is 4.56. The van der Waals surface area contributed by atoms with Gasteiger partial charge in [-0.1, -0.05) is 0 Å². The fourth-order valence-corrected chi connectivity index (χ4v) is 6.33. The molecule has 0 aromatic heterocycles. The zero-order valence-electron chi connectivity index (χ0n) is 9.45. The molecule has 86 valence electrons. The van der Waals surface area contributed by atoms with Crippen molar-refractivity contribution >= 4 is 11.8 Å². The summed E-state index contributed by atoms with van der Waals surface area (Å²) in [6.07, 6.45) is 10.1. The first-order valence-electron chi connectivity index (χ1n) is 6.54. The highest BCUT2D eigenvalue weighted by Crippen LogP contribution is 2.60. The normalized spacial score (nSPS) is 47.4. The van der Waals surface area contributed by atoms with Gasteiger partial charge in [-0.2, -0.15) is 11.8 Å². The van der Waals surface area contributed by atoms with Crippen molar-refractivity contribution in [3.8, 4) is 0 Å². The molecule has 0 aromatic carbocycles. The van der Waals surface area contributed by atoms with Crippen LogP contribution >= 0.6 is 11.8 Å². The highest BCUT2D eigenvalue weighted by atomic mass is 32.2. The Morgan fingerprint density at radius 3 is 2.00 bits per heavy atom. The number of hydrogen-bond acceptors (Lipinski definition) is 2. The highest BCUT2D eigenvalue weighted by molar-refractivity contribution is 8.00. The van der Waals surface area contributed by atoms with Crippen LogP contribution in [0.2, 0.25) is 0 Å². The lowest BCUT2D eigenvalue weighted by Crippen LogP contribution is -2.48. The predicted octanol–water partition coefficient (Wildman–Crippen LogP) is 3.07. The molecule has 2 heteroatoms. The fraction of sp³-hybridized carbons (Fsp3) is 1.00. The smallest absolute Gasteiger partial charge is 0.0438 e. The molecule has 0 amide bonds. The lowest BCUT2D eigenvalue weighted by atomic mass is 9.56. The Morgan fingerprint density at radius 1 is 1.00 bits per heavy atom. The van der Waals surface area contributed by atoms with E-state index in [0.717, 1.165) is 24.2 Å². The summed E-state index contributed by atoms with van der Waals surface area (Å²) in [4.78, 5) is 0. The summed E-state index contributed by atoms with van der Waals surface area (Å²) in [7, 11) is 0. The minimum atomic E-state index is 0.374. The van der Waals surface area contributed by atoms with Crippen LogP contribution in [0.15, 0.2) is 0 Å². The number of thioether (sulfide) groups is 1. The monoisotopic (exact) mass is 226 g/mol. The van der Waals surface area contributed by atoms with Gasteiger partial charge in [0, 0.05) is 11.4 Å². The molecule has 0 spiro atoms. The molecule has 15 heavy (non-hydrogen) atoms. The second-order valence-corrected chi connectivity index (χ2v) is 7.59. The second kappa shape index (κ2) is 3.96. The number of aliphatic hydroxyl groups excluding tert-OH is 1. The zero-order valence-corrected chi connectivity index (χ0v) is 10.3. The third-order valence-electron chi connectivity index (χ3n) is 4.69. The Labute approximate surface area is 97.0 Å². The molecule has 0 heterocycles. The first-order valence-corrected chi connectivity index (χ1v) is 7.53. The van der Waals surface area contributed by atoms with Gasteiger partial charge in [-0.25, -0.2) is 0 Å². The SMILES string of the molecule is OCCCSC12CC3CC(CC(C3)C1)C2. The number of hydrogen-bond donors (Lipinski definition) is 1. The maximum absolute atomic E-state index is 8.87. The van der Waals surface area contributed by atoms with Crippen LogP contribution in [0.25, 0.3) is 0 Å². The van der Waals surface area contributed by atoms with Crippen LogP contribution in [0.4, 0.5) is 0 Å². The summed E-state index contributed by atoms with van der Waals surface area (Å²) in [6, 6.07) is 0. The Bertz CT molecular complexity index is 203. The van der Waals surface area contributed by atoms with Gasteiger partial charge in [0.15, 0.2) is 0 Å². The van der Waals surface area contributed by atoms with Gasteiger partial charge >= 0.3 is 0 Å². The van der Waals surface area contributed by atoms with E-state index in [0.29, 0.717) is 11.4 Å². The lowest BCUT2D eigenvalue weighted by molar-refractivity contribution is 0.0383. The van der Waals surface area contributed by atoms with Gasteiger partial charge < -0.3 is 5.11 Å². The maximum atomic E-state index is 8.87.